The highest BCUT2D eigenvalue weighted by atomic mass is 35.5. The molecule has 2 aromatic carbocycles. The van der Waals surface area contributed by atoms with Gasteiger partial charge in [0, 0.05) is 23.4 Å². The summed E-state index contributed by atoms with van der Waals surface area (Å²) in [6, 6.07) is 14.3. The van der Waals surface area contributed by atoms with Crippen molar-refractivity contribution in [3.8, 4) is 0 Å². The van der Waals surface area contributed by atoms with Gasteiger partial charge in [-0.15, -0.1) is 0 Å². The van der Waals surface area contributed by atoms with Gasteiger partial charge in [0.1, 0.15) is 0 Å². The first kappa shape index (κ1) is 22.0. The molecule has 5 rings (SSSR count). The molecule has 3 nitrogen and oxygen atoms in total. The van der Waals surface area contributed by atoms with Gasteiger partial charge in [-0.1, -0.05) is 47.0 Å². The summed E-state index contributed by atoms with van der Waals surface area (Å²) in [6.07, 6.45) is 6.42. The number of anilines is 1. The van der Waals surface area contributed by atoms with E-state index in [0.717, 1.165) is 37.2 Å². The number of halogens is 2. The molecule has 2 saturated carbocycles. The molecule has 0 radical (unpaired) electrons. The summed E-state index contributed by atoms with van der Waals surface area (Å²) in [5.74, 6) is 1.34. The van der Waals surface area contributed by atoms with Gasteiger partial charge in [0.15, 0.2) is 0 Å². The van der Waals surface area contributed by atoms with Gasteiger partial charge in [-0.2, -0.15) is 0 Å². The Labute approximate surface area is 200 Å². The Morgan fingerprint density at radius 1 is 1.06 bits per heavy atom. The molecule has 3 aliphatic rings. The molecule has 2 atom stereocenters. The van der Waals surface area contributed by atoms with Gasteiger partial charge in [0.2, 0.25) is 0 Å². The third kappa shape index (κ3) is 5.06. The quantitative estimate of drug-likeness (QED) is 0.376. The van der Waals surface area contributed by atoms with Crippen molar-refractivity contribution in [1.29, 1.82) is 0 Å². The summed E-state index contributed by atoms with van der Waals surface area (Å²) in [7, 11) is 0. The SMILES string of the molecule is Cc1ccc(NCCCC2CC2OCC2=C(C3CC3)CN=C2c2c(Cl)cccc2Cl)cc1. The molecule has 2 aromatic rings. The highest BCUT2D eigenvalue weighted by Crippen LogP contribution is 2.43. The minimum atomic E-state index is 0.367. The minimum absolute atomic E-state index is 0.367. The van der Waals surface area contributed by atoms with E-state index < -0.39 is 0 Å². The molecule has 2 aliphatic carbocycles. The van der Waals surface area contributed by atoms with E-state index in [1.807, 2.05) is 18.2 Å². The highest BCUT2D eigenvalue weighted by molar-refractivity contribution is 6.41. The van der Waals surface area contributed by atoms with Crippen LogP contribution in [0.15, 0.2) is 58.6 Å². The Kier molecular flexibility index (Phi) is 6.59. The Balaban J connectivity index is 1.13. The van der Waals surface area contributed by atoms with E-state index in [1.54, 1.807) is 0 Å². The van der Waals surface area contributed by atoms with E-state index in [2.05, 4.69) is 36.5 Å². The molecule has 0 saturated heterocycles. The van der Waals surface area contributed by atoms with Crippen molar-refractivity contribution in [3.05, 3.63) is 74.8 Å². The molecule has 2 unspecified atom stereocenters. The Morgan fingerprint density at radius 2 is 1.81 bits per heavy atom. The smallest absolute Gasteiger partial charge is 0.0742 e. The molecule has 32 heavy (non-hydrogen) atoms. The van der Waals surface area contributed by atoms with E-state index in [1.165, 1.54) is 41.7 Å². The van der Waals surface area contributed by atoms with Crippen LogP contribution in [0.25, 0.3) is 0 Å². The van der Waals surface area contributed by atoms with Crippen molar-refractivity contribution in [2.45, 2.75) is 45.1 Å². The van der Waals surface area contributed by atoms with Crippen LogP contribution in [0.2, 0.25) is 10.0 Å². The lowest BCUT2D eigenvalue weighted by Crippen LogP contribution is -2.13. The second kappa shape index (κ2) is 9.59. The van der Waals surface area contributed by atoms with Crippen LogP contribution in [0.5, 0.6) is 0 Å². The van der Waals surface area contributed by atoms with E-state index >= 15 is 0 Å². The third-order valence-electron chi connectivity index (χ3n) is 6.78. The molecule has 0 spiro atoms. The van der Waals surface area contributed by atoms with Crippen LogP contribution in [0.1, 0.15) is 43.2 Å². The molecular formula is C27H30Cl2N2O. The lowest BCUT2D eigenvalue weighted by molar-refractivity contribution is 0.130. The molecule has 2 fully saturated rings. The fourth-order valence-corrected chi connectivity index (χ4v) is 5.19. The zero-order chi connectivity index (χ0) is 22.1. The lowest BCUT2D eigenvalue weighted by atomic mass is 9.98. The fraction of sp³-hybridized carbons (Fsp3) is 0.444. The second-order valence-corrected chi connectivity index (χ2v) is 10.1. The maximum atomic E-state index is 6.50. The second-order valence-electron chi connectivity index (χ2n) is 9.32. The van der Waals surface area contributed by atoms with Crippen LogP contribution < -0.4 is 5.32 Å². The van der Waals surface area contributed by atoms with Crippen molar-refractivity contribution < 1.29 is 4.74 Å². The standard InChI is InChI=1S/C27H30Cl2N2O/c1-17-7-11-20(12-8-17)30-13-3-4-19-14-25(19)32-16-22-21(18-9-10-18)15-31-27(22)26-23(28)5-2-6-24(26)29/h2,5-8,11-12,18-19,25,30H,3-4,9-10,13-16H2,1H3. The topological polar surface area (TPSA) is 33.6 Å². The number of nitrogens with one attached hydrogen (secondary N) is 1. The average Bonchev–Trinajstić information content (AvgIpc) is 3.71. The van der Waals surface area contributed by atoms with Gasteiger partial charge in [-0.25, -0.2) is 0 Å². The average molecular weight is 469 g/mol. The molecule has 1 heterocycles. The number of aliphatic imine (C=N–C) groups is 1. The predicted octanol–water partition coefficient (Wildman–Crippen LogP) is 7.11. The first-order valence-electron chi connectivity index (χ1n) is 11.7. The Hall–Kier alpha value is -1.81. The van der Waals surface area contributed by atoms with Crippen molar-refractivity contribution in [1.82, 2.24) is 0 Å². The van der Waals surface area contributed by atoms with Crippen LogP contribution in [0.4, 0.5) is 5.69 Å². The Bertz CT molecular complexity index is 1020. The number of hydrogen-bond acceptors (Lipinski definition) is 3. The number of nitrogens with zero attached hydrogens (tertiary/aromatic N) is 1. The lowest BCUT2D eigenvalue weighted by Gasteiger charge is -2.13. The molecule has 0 aromatic heterocycles. The first-order valence-corrected chi connectivity index (χ1v) is 12.5. The van der Waals surface area contributed by atoms with E-state index in [-0.39, 0.29) is 0 Å². The summed E-state index contributed by atoms with van der Waals surface area (Å²) in [4.78, 5) is 4.85. The van der Waals surface area contributed by atoms with Gasteiger partial charge in [0.05, 0.1) is 35.0 Å². The van der Waals surface area contributed by atoms with Crippen LogP contribution in [-0.4, -0.2) is 31.5 Å². The fourth-order valence-electron chi connectivity index (χ4n) is 4.62. The van der Waals surface area contributed by atoms with Gasteiger partial charge >= 0.3 is 0 Å². The normalized spacial score (nSPS) is 22.3. The highest BCUT2D eigenvalue weighted by Gasteiger charge is 2.39. The van der Waals surface area contributed by atoms with Crippen LogP contribution in [-0.2, 0) is 4.74 Å². The summed E-state index contributed by atoms with van der Waals surface area (Å²) in [5, 5.41) is 4.84. The predicted molar refractivity (Wildman–Crippen MR) is 134 cm³/mol. The summed E-state index contributed by atoms with van der Waals surface area (Å²) in [6.45, 7) is 4.50. The summed E-state index contributed by atoms with van der Waals surface area (Å²) < 4.78 is 6.37. The molecule has 0 bridgehead atoms. The number of ether oxygens (including phenoxy) is 1. The molecule has 0 amide bonds. The van der Waals surface area contributed by atoms with E-state index in [0.29, 0.717) is 34.6 Å². The molecule has 5 heteroatoms. The zero-order valence-electron chi connectivity index (χ0n) is 18.5. The molecule has 1 N–H and O–H groups in total. The monoisotopic (exact) mass is 468 g/mol. The van der Waals surface area contributed by atoms with Gasteiger partial charge in [-0.3, -0.25) is 4.99 Å². The van der Waals surface area contributed by atoms with Crippen molar-refractivity contribution in [3.63, 3.8) is 0 Å². The molecule has 1 aliphatic heterocycles. The molecular weight excluding hydrogens is 439 g/mol. The maximum Gasteiger partial charge on any atom is 0.0742 e. The first-order chi connectivity index (χ1) is 15.6. The van der Waals surface area contributed by atoms with Crippen LogP contribution in [0, 0.1) is 18.8 Å². The largest absolute Gasteiger partial charge is 0.385 e. The number of hydrogen-bond donors (Lipinski definition) is 1. The van der Waals surface area contributed by atoms with Gasteiger partial charge < -0.3 is 10.1 Å². The third-order valence-corrected chi connectivity index (χ3v) is 7.41. The minimum Gasteiger partial charge on any atom is -0.385 e. The van der Waals surface area contributed by atoms with Crippen LogP contribution >= 0.6 is 23.2 Å². The summed E-state index contributed by atoms with van der Waals surface area (Å²) >= 11 is 13.0. The van der Waals surface area contributed by atoms with Gasteiger partial charge in [-0.05, 0) is 80.7 Å². The van der Waals surface area contributed by atoms with Crippen molar-refractivity contribution in [2.24, 2.45) is 16.8 Å². The maximum absolute atomic E-state index is 6.50. The van der Waals surface area contributed by atoms with Crippen LogP contribution in [0.3, 0.4) is 0 Å². The summed E-state index contributed by atoms with van der Waals surface area (Å²) in [5.41, 5.74) is 6.97. The molecule has 168 valence electrons. The number of benzene rings is 2. The number of rotatable bonds is 10. The van der Waals surface area contributed by atoms with Gasteiger partial charge in [0.25, 0.3) is 0 Å². The van der Waals surface area contributed by atoms with Crippen molar-refractivity contribution in [2.75, 3.05) is 25.0 Å². The zero-order valence-corrected chi connectivity index (χ0v) is 20.1. The Morgan fingerprint density at radius 3 is 2.53 bits per heavy atom. The van der Waals surface area contributed by atoms with Crippen molar-refractivity contribution >= 4 is 34.6 Å². The van der Waals surface area contributed by atoms with E-state index in [9.17, 15) is 0 Å². The number of aryl methyl sites for hydroxylation is 1. The van der Waals surface area contributed by atoms with E-state index in [4.69, 9.17) is 32.9 Å².